The zero-order valence-electron chi connectivity index (χ0n) is 26.2. The summed E-state index contributed by atoms with van der Waals surface area (Å²) in [5.74, 6) is 1.95. The molecule has 1 heterocycles. The van der Waals surface area contributed by atoms with Crippen molar-refractivity contribution >= 4 is 0 Å². The fourth-order valence-corrected chi connectivity index (χ4v) is 6.16. The average molecular weight is 614 g/mol. The van der Waals surface area contributed by atoms with Gasteiger partial charge in [-0.05, 0) is 56.6 Å². The molecule has 8 aromatic rings. The summed E-state index contributed by atoms with van der Waals surface area (Å²) in [5.41, 5.74) is 12.3. The maximum atomic E-state index is 4.93. The minimum absolute atomic E-state index is 0.642. The van der Waals surface area contributed by atoms with Crippen molar-refractivity contribution in [3.63, 3.8) is 0 Å². The molecule has 3 heteroatoms. The number of aromatic nitrogens is 3. The lowest BCUT2D eigenvalue weighted by Gasteiger charge is -2.19. The van der Waals surface area contributed by atoms with Crippen molar-refractivity contribution in [2.75, 3.05) is 0 Å². The topological polar surface area (TPSA) is 38.7 Å². The molecule has 48 heavy (non-hydrogen) atoms. The lowest BCUT2D eigenvalue weighted by Crippen LogP contribution is -2.00. The molecule has 0 fully saturated rings. The maximum absolute atomic E-state index is 4.93. The van der Waals surface area contributed by atoms with E-state index in [4.69, 9.17) is 15.0 Å². The van der Waals surface area contributed by atoms with Crippen LogP contribution >= 0.6 is 0 Å². The highest BCUT2D eigenvalue weighted by Gasteiger charge is 2.18. The van der Waals surface area contributed by atoms with Gasteiger partial charge in [0.25, 0.3) is 0 Å². The van der Waals surface area contributed by atoms with Gasteiger partial charge in [-0.3, -0.25) is 0 Å². The molecule has 226 valence electrons. The summed E-state index contributed by atoms with van der Waals surface area (Å²) in [4.78, 5) is 14.7. The first-order chi connectivity index (χ1) is 23.8. The van der Waals surface area contributed by atoms with Gasteiger partial charge in [0, 0.05) is 16.7 Å². The summed E-state index contributed by atoms with van der Waals surface area (Å²) >= 11 is 0. The van der Waals surface area contributed by atoms with Crippen LogP contribution in [0.4, 0.5) is 0 Å². The van der Waals surface area contributed by atoms with Crippen molar-refractivity contribution in [1.82, 2.24) is 15.0 Å². The van der Waals surface area contributed by atoms with E-state index in [1.807, 2.05) is 60.7 Å². The second-order valence-electron chi connectivity index (χ2n) is 11.7. The van der Waals surface area contributed by atoms with E-state index < -0.39 is 0 Å². The van der Waals surface area contributed by atoms with E-state index >= 15 is 0 Å². The van der Waals surface area contributed by atoms with Crippen molar-refractivity contribution in [2.45, 2.75) is 0 Å². The minimum atomic E-state index is 0.642. The largest absolute Gasteiger partial charge is 0.208 e. The van der Waals surface area contributed by atoms with E-state index in [-0.39, 0.29) is 0 Å². The van der Waals surface area contributed by atoms with Crippen molar-refractivity contribution in [2.24, 2.45) is 0 Å². The highest BCUT2D eigenvalue weighted by Crippen LogP contribution is 2.43. The third-order valence-electron chi connectivity index (χ3n) is 8.55. The zero-order chi connectivity index (χ0) is 32.1. The molecule has 1 aromatic heterocycles. The molecule has 0 atom stereocenters. The molecule has 0 saturated heterocycles. The van der Waals surface area contributed by atoms with Crippen LogP contribution in [-0.4, -0.2) is 15.0 Å². The van der Waals surface area contributed by atoms with Crippen LogP contribution in [0.25, 0.3) is 78.7 Å². The summed E-state index contributed by atoms with van der Waals surface area (Å²) in [5, 5.41) is 0. The minimum Gasteiger partial charge on any atom is -0.208 e. The number of hydrogen-bond donors (Lipinski definition) is 0. The fourth-order valence-electron chi connectivity index (χ4n) is 6.16. The number of benzene rings is 7. The van der Waals surface area contributed by atoms with E-state index in [0.717, 1.165) is 27.8 Å². The van der Waals surface area contributed by atoms with Crippen molar-refractivity contribution in [3.05, 3.63) is 188 Å². The summed E-state index contributed by atoms with van der Waals surface area (Å²) in [6.45, 7) is 0. The molecule has 0 spiro atoms. The Bertz CT molecular complexity index is 2170. The van der Waals surface area contributed by atoms with Gasteiger partial charge in [0.1, 0.15) is 0 Å². The molecule has 0 aliphatic carbocycles. The van der Waals surface area contributed by atoms with Gasteiger partial charge < -0.3 is 0 Å². The van der Waals surface area contributed by atoms with Gasteiger partial charge in [0.05, 0.1) is 0 Å². The Morgan fingerprint density at radius 1 is 0.229 bits per heavy atom. The quantitative estimate of drug-likeness (QED) is 0.179. The van der Waals surface area contributed by atoms with Gasteiger partial charge in [-0.1, -0.05) is 176 Å². The molecule has 8 rings (SSSR count). The molecular weight excluding hydrogens is 583 g/mol. The molecule has 0 radical (unpaired) electrons. The maximum Gasteiger partial charge on any atom is 0.164 e. The SMILES string of the molecule is c1ccc(-c2nc(-c3ccccc3)nc(-c3ccc(-c4cc(-c5ccccc5)c(-c5ccccc5)c(-c5ccccc5)c4)cc3)n2)cc1. The highest BCUT2D eigenvalue weighted by atomic mass is 15.0. The standard InChI is InChI=1S/C45H31N3/c1-6-16-33(17-7-1)40-30-39(31-41(34-18-8-2-9-19-34)42(40)35-20-10-3-11-21-35)32-26-28-38(29-27-32)45-47-43(36-22-12-4-13-23-36)46-44(48-45)37-24-14-5-15-25-37/h1-31H. The van der Waals surface area contributed by atoms with E-state index in [1.165, 1.54) is 33.4 Å². The predicted octanol–water partition coefficient (Wildman–Crippen LogP) is 11.5. The molecular formula is C45H31N3. The van der Waals surface area contributed by atoms with Gasteiger partial charge in [0.2, 0.25) is 0 Å². The van der Waals surface area contributed by atoms with Crippen molar-refractivity contribution < 1.29 is 0 Å². The van der Waals surface area contributed by atoms with Gasteiger partial charge in [-0.25, -0.2) is 15.0 Å². The van der Waals surface area contributed by atoms with E-state index in [9.17, 15) is 0 Å². The van der Waals surface area contributed by atoms with Crippen molar-refractivity contribution in [1.29, 1.82) is 0 Å². The Kier molecular flexibility index (Phi) is 7.92. The van der Waals surface area contributed by atoms with Gasteiger partial charge in [-0.2, -0.15) is 0 Å². The van der Waals surface area contributed by atoms with Crippen LogP contribution in [0.15, 0.2) is 188 Å². The molecule has 0 N–H and O–H groups in total. The van der Waals surface area contributed by atoms with Gasteiger partial charge in [0.15, 0.2) is 17.5 Å². The van der Waals surface area contributed by atoms with Crippen LogP contribution in [0.3, 0.4) is 0 Å². The summed E-state index contributed by atoms with van der Waals surface area (Å²) < 4.78 is 0. The van der Waals surface area contributed by atoms with Crippen LogP contribution in [0, 0.1) is 0 Å². The third kappa shape index (κ3) is 5.93. The Morgan fingerprint density at radius 2 is 0.521 bits per heavy atom. The lowest BCUT2D eigenvalue weighted by molar-refractivity contribution is 1.07. The zero-order valence-corrected chi connectivity index (χ0v) is 26.2. The normalized spacial score (nSPS) is 10.9. The highest BCUT2D eigenvalue weighted by molar-refractivity contribution is 5.97. The Balaban J connectivity index is 1.27. The number of rotatable bonds is 7. The number of hydrogen-bond acceptors (Lipinski definition) is 3. The summed E-state index contributed by atoms with van der Waals surface area (Å²) in [7, 11) is 0. The molecule has 0 bridgehead atoms. The molecule has 0 saturated carbocycles. The molecule has 7 aromatic carbocycles. The molecule has 3 nitrogen and oxygen atoms in total. The lowest BCUT2D eigenvalue weighted by atomic mass is 9.84. The van der Waals surface area contributed by atoms with E-state index in [1.54, 1.807) is 0 Å². The molecule has 0 unspecified atom stereocenters. The van der Waals surface area contributed by atoms with E-state index in [0.29, 0.717) is 17.5 Å². The first-order valence-electron chi connectivity index (χ1n) is 16.1. The second-order valence-corrected chi connectivity index (χ2v) is 11.7. The molecule has 0 aliphatic rings. The molecule has 0 amide bonds. The Labute approximate surface area is 280 Å². The first-order valence-corrected chi connectivity index (χ1v) is 16.1. The summed E-state index contributed by atoms with van der Waals surface area (Å²) in [6, 6.07) is 65.4. The van der Waals surface area contributed by atoms with Crippen LogP contribution in [0.5, 0.6) is 0 Å². The van der Waals surface area contributed by atoms with Gasteiger partial charge in [-0.15, -0.1) is 0 Å². The summed E-state index contributed by atoms with van der Waals surface area (Å²) in [6.07, 6.45) is 0. The van der Waals surface area contributed by atoms with Crippen LogP contribution in [-0.2, 0) is 0 Å². The third-order valence-corrected chi connectivity index (χ3v) is 8.55. The Morgan fingerprint density at radius 3 is 0.896 bits per heavy atom. The Hall–Kier alpha value is -6.45. The van der Waals surface area contributed by atoms with E-state index in [2.05, 4.69) is 127 Å². The monoisotopic (exact) mass is 613 g/mol. The van der Waals surface area contributed by atoms with Crippen LogP contribution in [0.1, 0.15) is 0 Å². The van der Waals surface area contributed by atoms with Crippen LogP contribution < -0.4 is 0 Å². The average Bonchev–Trinajstić information content (AvgIpc) is 3.19. The number of nitrogens with zero attached hydrogens (tertiary/aromatic N) is 3. The van der Waals surface area contributed by atoms with Crippen molar-refractivity contribution in [3.8, 4) is 78.7 Å². The van der Waals surface area contributed by atoms with Crippen LogP contribution in [0.2, 0.25) is 0 Å². The smallest absolute Gasteiger partial charge is 0.164 e. The first kappa shape index (κ1) is 29.0. The molecule has 0 aliphatic heterocycles. The predicted molar refractivity (Wildman–Crippen MR) is 198 cm³/mol. The second kappa shape index (κ2) is 13.1. The fraction of sp³-hybridized carbons (Fsp3) is 0. The van der Waals surface area contributed by atoms with Gasteiger partial charge >= 0.3 is 0 Å².